The number of rotatable bonds is 6. The molecule has 11 heteroatoms. The van der Waals surface area contributed by atoms with E-state index in [4.69, 9.17) is 0 Å². The minimum Gasteiger partial charge on any atom is -0.341 e. The molecule has 1 aliphatic carbocycles. The van der Waals surface area contributed by atoms with Gasteiger partial charge in [-0.05, 0) is 63.9 Å². The number of urea groups is 1. The van der Waals surface area contributed by atoms with Crippen molar-refractivity contribution in [3.8, 4) is 0 Å². The fraction of sp³-hybridized carbons (Fsp3) is 0.710. The summed E-state index contributed by atoms with van der Waals surface area (Å²) >= 11 is 0. The Balaban J connectivity index is 0.00000353. The van der Waals surface area contributed by atoms with E-state index in [-0.39, 0.29) is 54.2 Å². The summed E-state index contributed by atoms with van der Waals surface area (Å²) in [5, 5.41) is 0. The van der Waals surface area contributed by atoms with E-state index in [0.29, 0.717) is 30.8 Å². The molecule has 5 aliphatic rings. The van der Waals surface area contributed by atoms with Gasteiger partial charge in [0, 0.05) is 49.6 Å². The molecule has 0 N–H and O–H groups in total. The molecule has 0 radical (unpaired) electrons. The maximum Gasteiger partial charge on any atom is 0.406 e. The summed E-state index contributed by atoms with van der Waals surface area (Å²) in [5.41, 5.74) is 0.00282. The van der Waals surface area contributed by atoms with Crippen LogP contribution in [0.15, 0.2) is 30.3 Å². The Morgan fingerprint density at radius 2 is 1.60 bits per heavy atom. The monoisotopic (exact) mass is 610 g/mol. The van der Waals surface area contributed by atoms with Crippen molar-refractivity contribution in [1.82, 2.24) is 19.6 Å². The molecule has 4 amide bonds. The smallest absolute Gasteiger partial charge is 0.341 e. The van der Waals surface area contributed by atoms with Crippen LogP contribution in [0.1, 0.15) is 76.7 Å². The predicted molar refractivity (Wildman–Crippen MR) is 154 cm³/mol. The van der Waals surface area contributed by atoms with Crippen LogP contribution >= 0.6 is 12.4 Å². The Labute approximate surface area is 252 Å². The van der Waals surface area contributed by atoms with Gasteiger partial charge in [-0.1, -0.05) is 43.2 Å². The summed E-state index contributed by atoms with van der Waals surface area (Å²) in [5.74, 6) is 0.147. The zero-order valence-corrected chi connectivity index (χ0v) is 25.2. The topological polar surface area (TPSA) is 64.2 Å². The lowest BCUT2D eigenvalue weighted by Gasteiger charge is -2.48. The van der Waals surface area contributed by atoms with Crippen molar-refractivity contribution in [2.45, 2.75) is 101 Å². The third kappa shape index (κ3) is 5.42. The number of carbonyl (C=O) groups excluding carboxylic acids is 3. The number of nitrogens with zero attached hydrogens (tertiary/aromatic N) is 4. The van der Waals surface area contributed by atoms with Crippen LogP contribution < -0.4 is 0 Å². The maximum atomic E-state index is 13.6. The van der Waals surface area contributed by atoms with Crippen LogP contribution in [0.5, 0.6) is 0 Å². The molecule has 2 unspecified atom stereocenters. The van der Waals surface area contributed by atoms with Crippen molar-refractivity contribution in [2.75, 3.05) is 26.2 Å². The molecule has 4 saturated heterocycles. The molecule has 2 bridgehead atoms. The van der Waals surface area contributed by atoms with Crippen LogP contribution in [0.4, 0.5) is 18.0 Å². The Bertz CT molecular complexity index is 1160. The van der Waals surface area contributed by atoms with Crippen LogP contribution in [0.3, 0.4) is 0 Å². The van der Waals surface area contributed by atoms with Gasteiger partial charge in [-0.15, -0.1) is 12.4 Å². The van der Waals surface area contributed by atoms with Crippen LogP contribution in [0, 0.1) is 11.8 Å². The number of fused-ring (bicyclic) bond motifs is 2. The summed E-state index contributed by atoms with van der Waals surface area (Å²) in [7, 11) is 0. The van der Waals surface area contributed by atoms with Gasteiger partial charge in [-0.2, -0.15) is 13.2 Å². The zero-order chi connectivity index (χ0) is 29.1. The first-order valence-corrected chi connectivity index (χ1v) is 15.3. The van der Waals surface area contributed by atoms with Crippen LogP contribution in [0.25, 0.3) is 0 Å². The second kappa shape index (κ2) is 11.6. The molecule has 1 saturated carbocycles. The number of amides is 4. The lowest BCUT2D eigenvalue weighted by Crippen LogP contribution is -2.62. The number of benzene rings is 1. The molecule has 1 aromatic rings. The first kappa shape index (κ1) is 31.1. The quantitative estimate of drug-likeness (QED) is 0.403. The normalized spacial score (nSPS) is 32.1. The highest BCUT2D eigenvalue weighted by molar-refractivity contribution is 6.07. The number of hydrogen-bond donors (Lipinski definition) is 0. The van der Waals surface area contributed by atoms with Crippen molar-refractivity contribution >= 4 is 30.3 Å². The first-order valence-electron chi connectivity index (χ1n) is 15.3. The third-order valence-corrected chi connectivity index (χ3v) is 10.4. The van der Waals surface area contributed by atoms with E-state index in [1.807, 2.05) is 18.2 Å². The minimum absolute atomic E-state index is 0. The summed E-state index contributed by atoms with van der Waals surface area (Å²) in [6.07, 6.45) is 1.95. The zero-order valence-electron chi connectivity index (χ0n) is 24.4. The van der Waals surface area contributed by atoms with E-state index in [1.165, 1.54) is 10.5 Å². The Kier molecular flexibility index (Phi) is 8.62. The van der Waals surface area contributed by atoms with Gasteiger partial charge in [0.05, 0.1) is 0 Å². The molecule has 4 aliphatic heterocycles. The fourth-order valence-electron chi connectivity index (χ4n) is 8.79. The van der Waals surface area contributed by atoms with E-state index in [1.54, 1.807) is 13.8 Å². The van der Waals surface area contributed by atoms with Crippen molar-refractivity contribution < 1.29 is 27.6 Å². The molecule has 6 rings (SSSR count). The number of hydrogen-bond acceptors (Lipinski definition) is 4. The minimum atomic E-state index is -4.64. The van der Waals surface area contributed by atoms with Crippen LogP contribution in [-0.2, 0) is 9.59 Å². The molecular weight excluding hydrogens is 569 g/mol. The van der Waals surface area contributed by atoms with Gasteiger partial charge in [-0.3, -0.25) is 19.4 Å². The highest BCUT2D eigenvalue weighted by atomic mass is 35.5. The molecule has 1 spiro atoms. The van der Waals surface area contributed by atoms with E-state index < -0.39 is 30.2 Å². The summed E-state index contributed by atoms with van der Waals surface area (Å²) in [6, 6.07) is 9.17. The summed E-state index contributed by atoms with van der Waals surface area (Å²) < 4.78 is 40.1. The molecule has 42 heavy (non-hydrogen) atoms. The standard InChI is InChI=1S/C31H41F3N4O3.ClH/c1-20(2)38-29(41)37(19-31(32,33)34)28(40)30(38)14-24-12-13-25(15-30)36(24)17-23-16-35(27(39)22-10-6-7-11-22)18-26(23)21-8-4-3-5-9-21;/h3-5,8-9,20,22-26H,6-7,10-19H2,1-2H3;1H/t23-,24?,25?,26-,30?;/m1./s1. The molecule has 4 heterocycles. The summed E-state index contributed by atoms with van der Waals surface area (Å²) in [4.78, 5) is 46.6. The van der Waals surface area contributed by atoms with E-state index in [0.717, 1.165) is 45.1 Å². The molecule has 4 atom stereocenters. The van der Waals surface area contributed by atoms with Crippen LogP contribution in [-0.4, -0.2) is 93.5 Å². The number of likely N-dealkylation sites (tertiary alicyclic amines) is 1. The van der Waals surface area contributed by atoms with Gasteiger partial charge >= 0.3 is 12.2 Å². The Morgan fingerprint density at radius 3 is 2.17 bits per heavy atom. The second-order valence-electron chi connectivity index (χ2n) is 13.3. The molecular formula is C31H42ClF3N4O3. The van der Waals surface area contributed by atoms with Crippen molar-refractivity contribution in [1.29, 1.82) is 0 Å². The number of alkyl halides is 3. The maximum absolute atomic E-state index is 13.6. The third-order valence-electron chi connectivity index (χ3n) is 10.4. The molecule has 232 valence electrons. The number of halogens is 4. The highest BCUT2D eigenvalue weighted by Gasteiger charge is 2.64. The van der Waals surface area contributed by atoms with Crippen LogP contribution in [0.2, 0.25) is 0 Å². The SMILES string of the molecule is CC(C)N1C(=O)N(CC(F)(F)F)C(=O)C12CC1CCC(C2)N1C[C@H]1CN(C(=O)C2CCCC2)C[C@@H]1c1ccccc1.Cl. The van der Waals surface area contributed by atoms with Crippen molar-refractivity contribution in [2.24, 2.45) is 11.8 Å². The van der Waals surface area contributed by atoms with Gasteiger partial charge in [0.25, 0.3) is 5.91 Å². The van der Waals surface area contributed by atoms with E-state index >= 15 is 0 Å². The molecule has 5 fully saturated rings. The van der Waals surface area contributed by atoms with Gasteiger partial charge in [-0.25, -0.2) is 4.79 Å². The average Bonchev–Trinajstić information content (AvgIpc) is 3.68. The second-order valence-corrected chi connectivity index (χ2v) is 13.3. The molecule has 0 aromatic heterocycles. The number of imide groups is 1. The van der Waals surface area contributed by atoms with Gasteiger partial charge in [0.15, 0.2) is 0 Å². The fourth-order valence-corrected chi connectivity index (χ4v) is 8.79. The van der Waals surface area contributed by atoms with Crippen molar-refractivity contribution in [3.05, 3.63) is 35.9 Å². The van der Waals surface area contributed by atoms with Gasteiger partial charge in [0.1, 0.15) is 12.1 Å². The van der Waals surface area contributed by atoms with Crippen molar-refractivity contribution in [3.63, 3.8) is 0 Å². The number of piperidine rings is 1. The van der Waals surface area contributed by atoms with E-state index in [2.05, 4.69) is 21.9 Å². The lowest BCUT2D eigenvalue weighted by atomic mass is 9.79. The van der Waals surface area contributed by atoms with E-state index in [9.17, 15) is 27.6 Å². The highest BCUT2D eigenvalue weighted by Crippen LogP contribution is 2.49. The largest absolute Gasteiger partial charge is 0.406 e. The van der Waals surface area contributed by atoms with Gasteiger partial charge < -0.3 is 9.80 Å². The lowest BCUT2D eigenvalue weighted by molar-refractivity contribution is -0.157. The molecule has 1 aromatic carbocycles. The molecule has 7 nitrogen and oxygen atoms in total. The first-order chi connectivity index (χ1) is 19.5. The Morgan fingerprint density at radius 1 is 0.976 bits per heavy atom. The average molecular weight is 611 g/mol. The number of carbonyl (C=O) groups is 3. The Hall–Kier alpha value is -2.33. The predicted octanol–water partition coefficient (Wildman–Crippen LogP) is 5.44. The van der Waals surface area contributed by atoms with Gasteiger partial charge in [0.2, 0.25) is 5.91 Å². The summed E-state index contributed by atoms with van der Waals surface area (Å²) in [6.45, 7) is 4.19.